The first kappa shape index (κ1) is 30.8. The van der Waals surface area contributed by atoms with Gasteiger partial charge in [-0.15, -0.1) is 5.10 Å². The van der Waals surface area contributed by atoms with Crippen molar-refractivity contribution in [3.63, 3.8) is 0 Å². The molecule has 0 unspecified atom stereocenters. The Hall–Kier alpha value is -4.16. The molecule has 1 aromatic heterocycles. The van der Waals surface area contributed by atoms with Crippen molar-refractivity contribution in [2.75, 3.05) is 19.8 Å². The third-order valence-electron chi connectivity index (χ3n) is 6.44. The fourth-order valence-electron chi connectivity index (χ4n) is 4.53. The highest BCUT2D eigenvalue weighted by Crippen LogP contribution is 2.40. The molecule has 0 aliphatic carbocycles. The molecule has 7 nitrogen and oxygen atoms in total. The van der Waals surface area contributed by atoms with E-state index in [2.05, 4.69) is 17.0 Å². The number of carbonyl (C=O) groups is 1. The number of hydrogen-bond donors (Lipinski definition) is 2. The number of nitrogens with zero attached hydrogens (tertiary/aromatic N) is 2. The van der Waals surface area contributed by atoms with Crippen LogP contribution < -0.4 is 10.1 Å². The summed E-state index contributed by atoms with van der Waals surface area (Å²) in [6.45, 7) is 2.94. The van der Waals surface area contributed by atoms with Crippen molar-refractivity contribution in [3.8, 4) is 5.75 Å². The van der Waals surface area contributed by atoms with Gasteiger partial charge in [0.05, 0.1) is 23.9 Å². The molecule has 3 aromatic carbocycles. The van der Waals surface area contributed by atoms with Crippen molar-refractivity contribution in [1.82, 2.24) is 15.1 Å². The zero-order chi connectivity index (χ0) is 30.1. The van der Waals surface area contributed by atoms with Crippen molar-refractivity contribution >= 4 is 37.7 Å². The summed E-state index contributed by atoms with van der Waals surface area (Å²) in [5.41, 5.74) is 2.03. The number of hydrogen-bond acceptors (Lipinski definition) is 4. The fraction of sp³-hybridized carbons (Fsp3) is 0.267. The molecule has 0 aliphatic heterocycles. The van der Waals surface area contributed by atoms with E-state index in [4.69, 9.17) is 14.6 Å². The summed E-state index contributed by atoms with van der Waals surface area (Å²) >= 11 is 0. The number of rotatable bonds is 13. The minimum atomic E-state index is -4.52. The van der Waals surface area contributed by atoms with Crippen LogP contribution in [-0.4, -0.2) is 56.4 Å². The quantitative estimate of drug-likeness (QED) is 0.0809. The summed E-state index contributed by atoms with van der Waals surface area (Å²) in [5, 5.41) is 15.0. The van der Waals surface area contributed by atoms with Crippen LogP contribution in [0.1, 0.15) is 23.1 Å². The monoisotopic (exact) mass is 601 g/mol. The fourth-order valence-corrected chi connectivity index (χ4v) is 5.02. The number of ether oxygens (including phenoxy) is 2. The molecule has 0 spiro atoms. The van der Waals surface area contributed by atoms with E-state index in [-0.39, 0.29) is 45.9 Å². The maximum Gasteiger partial charge on any atom is 0.404 e. The molecule has 0 radical (unpaired) electrons. The van der Waals surface area contributed by atoms with Crippen LogP contribution in [0.4, 0.5) is 22.4 Å². The van der Waals surface area contributed by atoms with E-state index in [9.17, 15) is 18.0 Å². The predicted molar refractivity (Wildman–Crippen MR) is 156 cm³/mol. The summed E-state index contributed by atoms with van der Waals surface area (Å²) < 4.78 is 69.6. The standard InChI is InChI=1S/C30H31F4N3O4Si/c1-42-16-15-40-19-37-26-12-9-22(17-24(26)28(31)36-37)27(25(18-30(32,33)34)20-5-3-2-4-6-20)21-7-10-23(11-8-21)41-14-13-35-29(38)39/h2-12,17,35H,13-16,18-19,42H2,1H3,(H,38,39)/b27-25+. The second kappa shape index (κ2) is 14.1. The molecule has 0 saturated carbocycles. The molecule has 12 heteroatoms. The lowest BCUT2D eigenvalue weighted by Gasteiger charge is -2.19. The summed E-state index contributed by atoms with van der Waals surface area (Å²) in [4.78, 5) is 10.6. The molecule has 0 fully saturated rings. The van der Waals surface area contributed by atoms with Crippen LogP contribution in [0.5, 0.6) is 5.75 Å². The van der Waals surface area contributed by atoms with Gasteiger partial charge in [-0.1, -0.05) is 55.1 Å². The van der Waals surface area contributed by atoms with Gasteiger partial charge in [0.2, 0.25) is 5.95 Å². The Morgan fingerprint density at radius 2 is 1.71 bits per heavy atom. The largest absolute Gasteiger partial charge is 0.492 e. The molecule has 0 bridgehead atoms. The van der Waals surface area contributed by atoms with Crippen molar-refractivity contribution in [2.24, 2.45) is 0 Å². The first-order valence-corrected chi connectivity index (χ1v) is 15.9. The van der Waals surface area contributed by atoms with E-state index < -0.39 is 24.6 Å². The Labute approximate surface area is 242 Å². The van der Waals surface area contributed by atoms with E-state index >= 15 is 4.39 Å². The number of halogens is 4. The van der Waals surface area contributed by atoms with E-state index in [0.29, 0.717) is 34.6 Å². The first-order chi connectivity index (χ1) is 20.2. The number of benzene rings is 3. The van der Waals surface area contributed by atoms with Crippen LogP contribution in [-0.2, 0) is 11.5 Å². The summed E-state index contributed by atoms with van der Waals surface area (Å²) in [6, 6.07) is 20.5. The van der Waals surface area contributed by atoms with Gasteiger partial charge in [-0.2, -0.15) is 17.6 Å². The Morgan fingerprint density at radius 3 is 2.38 bits per heavy atom. The Bertz CT molecular complexity index is 1520. The van der Waals surface area contributed by atoms with Crippen LogP contribution >= 0.6 is 0 Å². The number of nitrogens with one attached hydrogen (secondary N) is 1. The van der Waals surface area contributed by atoms with Crippen LogP contribution in [0.25, 0.3) is 22.0 Å². The summed E-state index contributed by atoms with van der Waals surface area (Å²) in [5.74, 6) is -0.327. The number of fused-ring (bicyclic) bond motifs is 1. The maximum atomic E-state index is 15.0. The maximum absolute atomic E-state index is 15.0. The van der Waals surface area contributed by atoms with Crippen molar-refractivity contribution < 1.29 is 36.9 Å². The van der Waals surface area contributed by atoms with Crippen molar-refractivity contribution in [1.29, 1.82) is 0 Å². The third-order valence-corrected chi connectivity index (χ3v) is 7.44. The minimum absolute atomic E-state index is 0.0293. The lowest BCUT2D eigenvalue weighted by atomic mass is 9.87. The highest BCUT2D eigenvalue weighted by Gasteiger charge is 2.31. The number of carboxylic acid groups (broad SMARTS) is 1. The van der Waals surface area contributed by atoms with Gasteiger partial charge < -0.3 is 19.9 Å². The lowest BCUT2D eigenvalue weighted by molar-refractivity contribution is -0.122. The van der Waals surface area contributed by atoms with Crippen LogP contribution in [0, 0.1) is 5.95 Å². The molecule has 2 N–H and O–H groups in total. The third kappa shape index (κ3) is 8.20. The number of allylic oxidation sites excluding steroid dienone is 1. The Morgan fingerprint density at radius 1 is 1.00 bits per heavy atom. The van der Waals surface area contributed by atoms with E-state index in [0.717, 1.165) is 6.04 Å². The molecule has 1 amide bonds. The first-order valence-electron chi connectivity index (χ1n) is 13.5. The van der Waals surface area contributed by atoms with Gasteiger partial charge in [-0.3, -0.25) is 0 Å². The summed E-state index contributed by atoms with van der Waals surface area (Å²) in [7, 11) is -0.162. The van der Waals surface area contributed by atoms with Gasteiger partial charge in [-0.05, 0) is 58.1 Å². The van der Waals surface area contributed by atoms with Gasteiger partial charge >= 0.3 is 12.3 Å². The Kier molecular flexibility index (Phi) is 10.4. The zero-order valence-electron chi connectivity index (χ0n) is 23.0. The molecule has 1 heterocycles. The molecule has 4 aromatic rings. The average molecular weight is 602 g/mol. The normalized spacial score (nSPS) is 12.6. The molecule has 42 heavy (non-hydrogen) atoms. The smallest absolute Gasteiger partial charge is 0.404 e. The molecule has 0 saturated heterocycles. The molecule has 0 atom stereocenters. The van der Waals surface area contributed by atoms with Gasteiger partial charge in [0.1, 0.15) is 19.1 Å². The zero-order valence-corrected chi connectivity index (χ0v) is 24.4. The van der Waals surface area contributed by atoms with E-state index in [1.54, 1.807) is 66.7 Å². The molecule has 4 rings (SSSR count). The average Bonchev–Trinajstić information content (AvgIpc) is 3.28. The predicted octanol–water partition coefficient (Wildman–Crippen LogP) is 6.34. The SMILES string of the molecule is C[SiH2]CCOCn1nc(F)c2cc(/C(=C(\CC(F)(F)F)c3ccccc3)c3ccc(OCCNC(=O)O)cc3)ccc21. The number of amides is 1. The van der Waals surface area contributed by atoms with Crippen molar-refractivity contribution in [3.05, 3.63) is 95.4 Å². The molecule has 0 aliphatic rings. The topological polar surface area (TPSA) is 85.6 Å². The highest BCUT2D eigenvalue weighted by atomic mass is 28.2. The Balaban J connectivity index is 1.80. The van der Waals surface area contributed by atoms with Crippen LogP contribution in [0.3, 0.4) is 0 Å². The van der Waals surface area contributed by atoms with Gasteiger partial charge in [0, 0.05) is 16.1 Å². The van der Waals surface area contributed by atoms with Gasteiger partial charge in [-0.25, -0.2) is 9.48 Å². The molecular formula is C30H31F4N3O4Si. The molecular weight excluding hydrogens is 570 g/mol. The minimum Gasteiger partial charge on any atom is -0.492 e. The van der Waals surface area contributed by atoms with Crippen LogP contribution in [0.15, 0.2) is 72.8 Å². The lowest BCUT2D eigenvalue weighted by Crippen LogP contribution is -2.26. The molecule has 222 valence electrons. The van der Waals surface area contributed by atoms with E-state index in [1.165, 1.54) is 10.7 Å². The summed E-state index contributed by atoms with van der Waals surface area (Å²) in [6.07, 6.45) is -6.90. The van der Waals surface area contributed by atoms with Gasteiger partial charge in [0.25, 0.3) is 0 Å². The second-order valence-electron chi connectivity index (χ2n) is 9.53. The second-order valence-corrected chi connectivity index (χ2v) is 11.2. The highest BCUT2D eigenvalue weighted by molar-refractivity contribution is 6.33. The van der Waals surface area contributed by atoms with Crippen molar-refractivity contribution in [2.45, 2.75) is 31.9 Å². The number of alkyl halides is 3. The number of aromatic nitrogens is 2. The van der Waals surface area contributed by atoms with Gasteiger partial charge in [0.15, 0.2) is 0 Å². The van der Waals surface area contributed by atoms with E-state index in [1.807, 2.05) is 0 Å². The van der Waals surface area contributed by atoms with Crippen LogP contribution in [0.2, 0.25) is 12.6 Å².